The zero-order valence-corrected chi connectivity index (χ0v) is 12.8. The minimum absolute atomic E-state index is 0.129. The number of aromatic nitrogens is 3. The smallest absolute Gasteiger partial charge is 0.293 e. The Kier molecular flexibility index (Phi) is 3.92. The van der Waals surface area contributed by atoms with Gasteiger partial charge in [0.25, 0.3) is 5.91 Å². The summed E-state index contributed by atoms with van der Waals surface area (Å²) in [6.45, 7) is 4.60. The van der Waals surface area contributed by atoms with Gasteiger partial charge in [-0.1, -0.05) is 0 Å². The molecule has 0 N–H and O–H groups in total. The van der Waals surface area contributed by atoms with Gasteiger partial charge in [0.15, 0.2) is 0 Å². The summed E-state index contributed by atoms with van der Waals surface area (Å²) in [5, 5.41) is 4.31. The first-order valence-corrected chi connectivity index (χ1v) is 7.57. The fourth-order valence-electron chi connectivity index (χ4n) is 2.84. The largest absolute Gasteiger partial charge is 0.333 e. The third-order valence-corrected chi connectivity index (χ3v) is 4.10. The fourth-order valence-corrected chi connectivity index (χ4v) is 2.84. The van der Waals surface area contributed by atoms with Crippen LogP contribution in [0.15, 0.2) is 24.3 Å². The molecule has 0 aliphatic carbocycles. The van der Waals surface area contributed by atoms with Gasteiger partial charge >= 0.3 is 0 Å². The second-order valence-electron chi connectivity index (χ2n) is 5.71. The van der Waals surface area contributed by atoms with Crippen molar-refractivity contribution in [3.8, 4) is 5.69 Å². The van der Waals surface area contributed by atoms with Crippen LogP contribution in [0.3, 0.4) is 0 Å². The van der Waals surface area contributed by atoms with Gasteiger partial charge in [-0.2, -0.15) is 0 Å². The van der Waals surface area contributed by atoms with Crippen LogP contribution >= 0.6 is 0 Å². The second kappa shape index (κ2) is 5.87. The molecule has 3 rings (SSSR count). The second-order valence-corrected chi connectivity index (χ2v) is 5.71. The van der Waals surface area contributed by atoms with E-state index in [2.05, 4.69) is 17.0 Å². The molecule has 6 heteroatoms. The molecule has 1 amide bonds. The summed E-state index contributed by atoms with van der Waals surface area (Å²) in [5.74, 6) is 0.381. The van der Waals surface area contributed by atoms with E-state index in [-0.39, 0.29) is 23.6 Å². The van der Waals surface area contributed by atoms with Crippen LogP contribution in [0.4, 0.5) is 4.39 Å². The van der Waals surface area contributed by atoms with Crippen LogP contribution in [-0.2, 0) is 0 Å². The predicted molar refractivity (Wildman–Crippen MR) is 80.4 cm³/mol. The highest BCUT2D eigenvalue weighted by Crippen LogP contribution is 2.19. The van der Waals surface area contributed by atoms with E-state index in [1.54, 1.807) is 23.7 Å². The van der Waals surface area contributed by atoms with E-state index >= 15 is 0 Å². The van der Waals surface area contributed by atoms with Gasteiger partial charge in [-0.05, 0) is 57.4 Å². The standard InChI is InChI=1S/C16H19FN4O/c1-11-5-3-4-10-20(11)16(22)15-18-12(2)21(19-15)14-8-6-13(17)7-9-14/h6-9,11H,3-5,10H2,1-2H3/t11-/m0/s1. The van der Waals surface area contributed by atoms with Crippen LogP contribution in [0, 0.1) is 12.7 Å². The molecule has 0 unspecified atom stereocenters. The predicted octanol–water partition coefficient (Wildman–Crippen LogP) is 2.73. The molecule has 1 aromatic heterocycles. The summed E-state index contributed by atoms with van der Waals surface area (Å²) in [4.78, 5) is 18.7. The first-order valence-electron chi connectivity index (χ1n) is 7.57. The number of carbonyl (C=O) groups is 1. The maximum Gasteiger partial charge on any atom is 0.293 e. The number of piperidine rings is 1. The van der Waals surface area contributed by atoms with Crippen molar-refractivity contribution in [1.82, 2.24) is 19.7 Å². The Balaban J connectivity index is 1.88. The van der Waals surface area contributed by atoms with Gasteiger partial charge in [-0.3, -0.25) is 4.79 Å². The summed E-state index contributed by atoms with van der Waals surface area (Å²) in [5.41, 5.74) is 0.692. The number of benzene rings is 1. The Hall–Kier alpha value is -2.24. The quantitative estimate of drug-likeness (QED) is 0.857. The maximum absolute atomic E-state index is 13.0. The van der Waals surface area contributed by atoms with Crippen molar-refractivity contribution in [3.05, 3.63) is 41.7 Å². The van der Waals surface area contributed by atoms with E-state index in [9.17, 15) is 9.18 Å². The molecule has 1 aliphatic rings. The van der Waals surface area contributed by atoms with Gasteiger partial charge in [-0.15, -0.1) is 5.10 Å². The third-order valence-electron chi connectivity index (χ3n) is 4.10. The Morgan fingerprint density at radius 1 is 1.27 bits per heavy atom. The molecular formula is C16H19FN4O. The summed E-state index contributed by atoms with van der Waals surface area (Å²) >= 11 is 0. The van der Waals surface area contributed by atoms with Crippen molar-refractivity contribution in [2.75, 3.05) is 6.54 Å². The van der Waals surface area contributed by atoms with Crippen LogP contribution in [0.2, 0.25) is 0 Å². The molecule has 2 heterocycles. The third kappa shape index (κ3) is 2.73. The van der Waals surface area contributed by atoms with E-state index in [0.717, 1.165) is 25.8 Å². The fraction of sp³-hybridized carbons (Fsp3) is 0.438. The summed E-state index contributed by atoms with van der Waals surface area (Å²) in [7, 11) is 0. The highest BCUT2D eigenvalue weighted by atomic mass is 19.1. The summed E-state index contributed by atoms with van der Waals surface area (Å²) in [6, 6.07) is 6.19. The van der Waals surface area contributed by atoms with Crippen LogP contribution in [0.25, 0.3) is 5.69 Å². The number of carbonyl (C=O) groups excluding carboxylic acids is 1. The van der Waals surface area contributed by atoms with Gasteiger partial charge in [-0.25, -0.2) is 14.1 Å². The van der Waals surface area contributed by atoms with Crippen LogP contribution < -0.4 is 0 Å². The van der Waals surface area contributed by atoms with Crippen molar-refractivity contribution in [2.45, 2.75) is 39.2 Å². The summed E-state index contributed by atoms with van der Waals surface area (Å²) in [6.07, 6.45) is 3.19. The van der Waals surface area contributed by atoms with Crippen molar-refractivity contribution in [1.29, 1.82) is 0 Å². The van der Waals surface area contributed by atoms with Crippen molar-refractivity contribution in [2.24, 2.45) is 0 Å². The number of aryl methyl sites for hydroxylation is 1. The molecule has 1 saturated heterocycles. The molecule has 116 valence electrons. The minimum atomic E-state index is -0.306. The molecule has 2 aromatic rings. The van der Waals surface area contributed by atoms with E-state index in [4.69, 9.17) is 0 Å². The van der Waals surface area contributed by atoms with E-state index in [0.29, 0.717) is 11.5 Å². The average molecular weight is 302 g/mol. The minimum Gasteiger partial charge on any atom is -0.333 e. The number of rotatable bonds is 2. The van der Waals surface area contributed by atoms with Gasteiger partial charge in [0.05, 0.1) is 5.69 Å². The van der Waals surface area contributed by atoms with Crippen LogP contribution in [0.1, 0.15) is 42.6 Å². The lowest BCUT2D eigenvalue weighted by Gasteiger charge is -2.32. The summed E-state index contributed by atoms with van der Waals surface area (Å²) < 4.78 is 14.6. The zero-order chi connectivity index (χ0) is 15.7. The van der Waals surface area contributed by atoms with Gasteiger partial charge in [0.1, 0.15) is 11.6 Å². The molecule has 0 saturated carbocycles. The molecule has 22 heavy (non-hydrogen) atoms. The molecule has 0 bridgehead atoms. The number of hydrogen-bond acceptors (Lipinski definition) is 3. The molecule has 1 atom stereocenters. The van der Waals surface area contributed by atoms with Gasteiger partial charge in [0, 0.05) is 12.6 Å². The molecule has 0 radical (unpaired) electrons. The Bertz CT molecular complexity index is 680. The number of likely N-dealkylation sites (tertiary alicyclic amines) is 1. The van der Waals surface area contributed by atoms with Crippen molar-refractivity contribution < 1.29 is 9.18 Å². The van der Waals surface area contributed by atoms with E-state index < -0.39 is 0 Å². The monoisotopic (exact) mass is 302 g/mol. The number of hydrogen-bond donors (Lipinski definition) is 0. The first-order chi connectivity index (χ1) is 10.6. The molecule has 5 nitrogen and oxygen atoms in total. The first kappa shape index (κ1) is 14.7. The highest BCUT2D eigenvalue weighted by Gasteiger charge is 2.27. The number of amides is 1. The Morgan fingerprint density at radius 2 is 2.00 bits per heavy atom. The highest BCUT2D eigenvalue weighted by molar-refractivity contribution is 5.90. The molecule has 1 fully saturated rings. The lowest BCUT2D eigenvalue weighted by atomic mass is 10.0. The maximum atomic E-state index is 13.0. The van der Waals surface area contributed by atoms with Crippen LogP contribution in [0.5, 0.6) is 0 Å². The van der Waals surface area contributed by atoms with Crippen molar-refractivity contribution in [3.63, 3.8) is 0 Å². The number of nitrogens with zero attached hydrogens (tertiary/aromatic N) is 4. The topological polar surface area (TPSA) is 51.0 Å². The molecule has 1 aliphatic heterocycles. The van der Waals surface area contributed by atoms with E-state index in [1.807, 2.05) is 4.90 Å². The Labute approximate surface area is 128 Å². The zero-order valence-electron chi connectivity index (χ0n) is 12.8. The molecular weight excluding hydrogens is 283 g/mol. The van der Waals surface area contributed by atoms with Crippen molar-refractivity contribution >= 4 is 5.91 Å². The van der Waals surface area contributed by atoms with Gasteiger partial charge in [0.2, 0.25) is 5.82 Å². The Morgan fingerprint density at radius 3 is 2.68 bits per heavy atom. The normalized spacial score (nSPS) is 18.5. The van der Waals surface area contributed by atoms with Gasteiger partial charge < -0.3 is 4.90 Å². The number of halogens is 1. The van der Waals surface area contributed by atoms with Crippen LogP contribution in [-0.4, -0.2) is 38.2 Å². The SMILES string of the molecule is Cc1nc(C(=O)N2CCCC[C@@H]2C)nn1-c1ccc(F)cc1. The molecule has 1 aromatic carbocycles. The lowest BCUT2D eigenvalue weighted by molar-refractivity contribution is 0.0623. The average Bonchev–Trinajstić information content (AvgIpc) is 2.90. The lowest BCUT2D eigenvalue weighted by Crippen LogP contribution is -2.42. The van der Waals surface area contributed by atoms with E-state index in [1.165, 1.54) is 12.1 Å². The molecule has 0 spiro atoms.